The molecule has 0 unspecified atom stereocenters. The SMILES string of the molecule is CCN(CC)c1ccc(Nc2nccc(C(=O)NCCN3CCOCC3)n2)cc1. The van der Waals surface area contributed by atoms with E-state index in [1.165, 1.54) is 5.69 Å². The minimum atomic E-state index is -0.194. The lowest BCUT2D eigenvalue weighted by atomic mass is 10.2. The van der Waals surface area contributed by atoms with Gasteiger partial charge in [-0.25, -0.2) is 9.97 Å². The molecule has 0 saturated carbocycles. The molecule has 29 heavy (non-hydrogen) atoms. The van der Waals surface area contributed by atoms with E-state index in [0.29, 0.717) is 18.2 Å². The number of nitrogens with zero attached hydrogens (tertiary/aromatic N) is 4. The van der Waals surface area contributed by atoms with E-state index in [0.717, 1.165) is 51.6 Å². The molecule has 0 aliphatic carbocycles. The van der Waals surface area contributed by atoms with Crippen molar-refractivity contribution in [2.75, 3.05) is 62.7 Å². The third-order valence-electron chi connectivity index (χ3n) is 4.96. The van der Waals surface area contributed by atoms with Crippen LogP contribution in [0.25, 0.3) is 0 Å². The third-order valence-corrected chi connectivity index (χ3v) is 4.96. The van der Waals surface area contributed by atoms with E-state index in [9.17, 15) is 4.79 Å². The highest BCUT2D eigenvalue weighted by molar-refractivity contribution is 5.92. The second-order valence-electron chi connectivity index (χ2n) is 6.82. The van der Waals surface area contributed by atoms with Crippen molar-refractivity contribution in [3.63, 3.8) is 0 Å². The van der Waals surface area contributed by atoms with E-state index in [1.54, 1.807) is 12.3 Å². The van der Waals surface area contributed by atoms with Crippen LogP contribution in [-0.2, 0) is 4.74 Å². The molecule has 156 valence electrons. The Bertz CT molecular complexity index is 773. The number of hydrogen-bond acceptors (Lipinski definition) is 7. The Hall–Kier alpha value is -2.71. The zero-order valence-corrected chi connectivity index (χ0v) is 17.2. The maximum atomic E-state index is 12.4. The number of ether oxygens (including phenoxy) is 1. The van der Waals surface area contributed by atoms with Crippen molar-refractivity contribution in [1.29, 1.82) is 0 Å². The van der Waals surface area contributed by atoms with E-state index < -0.39 is 0 Å². The van der Waals surface area contributed by atoms with Gasteiger partial charge in [-0.1, -0.05) is 0 Å². The zero-order chi connectivity index (χ0) is 20.5. The molecular weight excluding hydrogens is 368 g/mol. The van der Waals surface area contributed by atoms with E-state index in [-0.39, 0.29) is 5.91 Å². The fourth-order valence-corrected chi connectivity index (χ4v) is 3.26. The molecule has 3 rings (SSSR count). The van der Waals surface area contributed by atoms with Crippen LogP contribution >= 0.6 is 0 Å². The van der Waals surface area contributed by atoms with Crippen molar-refractivity contribution >= 4 is 23.2 Å². The molecule has 1 aliphatic heterocycles. The minimum Gasteiger partial charge on any atom is -0.379 e. The number of morpholine rings is 1. The molecule has 1 saturated heterocycles. The van der Waals surface area contributed by atoms with Crippen LogP contribution in [0.2, 0.25) is 0 Å². The summed E-state index contributed by atoms with van der Waals surface area (Å²) in [6.07, 6.45) is 1.59. The van der Waals surface area contributed by atoms with Crippen molar-refractivity contribution in [2.45, 2.75) is 13.8 Å². The molecule has 8 nitrogen and oxygen atoms in total. The van der Waals surface area contributed by atoms with Gasteiger partial charge in [-0.3, -0.25) is 9.69 Å². The van der Waals surface area contributed by atoms with Crippen LogP contribution in [0.4, 0.5) is 17.3 Å². The second-order valence-corrected chi connectivity index (χ2v) is 6.82. The molecule has 2 N–H and O–H groups in total. The van der Waals surface area contributed by atoms with Gasteiger partial charge in [-0.2, -0.15) is 0 Å². The number of anilines is 3. The van der Waals surface area contributed by atoms with Gasteiger partial charge in [-0.15, -0.1) is 0 Å². The first-order valence-electron chi connectivity index (χ1n) is 10.2. The summed E-state index contributed by atoms with van der Waals surface area (Å²) in [7, 11) is 0. The molecule has 1 aromatic carbocycles. The molecule has 1 aliphatic rings. The average Bonchev–Trinajstić information content (AvgIpc) is 2.76. The van der Waals surface area contributed by atoms with Gasteiger partial charge in [0, 0.05) is 56.8 Å². The van der Waals surface area contributed by atoms with Gasteiger partial charge in [0.1, 0.15) is 5.69 Å². The van der Waals surface area contributed by atoms with Gasteiger partial charge in [0.05, 0.1) is 13.2 Å². The predicted octanol–water partition coefficient (Wildman–Crippen LogP) is 2.13. The second kappa shape index (κ2) is 10.7. The minimum absolute atomic E-state index is 0.194. The zero-order valence-electron chi connectivity index (χ0n) is 17.2. The summed E-state index contributed by atoms with van der Waals surface area (Å²) in [5, 5.41) is 6.09. The number of carbonyl (C=O) groups excluding carboxylic acids is 1. The Morgan fingerprint density at radius 2 is 1.86 bits per heavy atom. The molecule has 0 atom stereocenters. The normalized spacial score (nSPS) is 14.4. The number of carbonyl (C=O) groups is 1. The number of hydrogen-bond donors (Lipinski definition) is 2. The van der Waals surface area contributed by atoms with Crippen LogP contribution in [-0.4, -0.2) is 73.3 Å². The Morgan fingerprint density at radius 1 is 1.14 bits per heavy atom. The molecule has 0 spiro atoms. The fourth-order valence-electron chi connectivity index (χ4n) is 3.26. The van der Waals surface area contributed by atoms with E-state index in [2.05, 4.69) is 56.4 Å². The van der Waals surface area contributed by atoms with E-state index in [4.69, 9.17) is 4.74 Å². The van der Waals surface area contributed by atoms with Crippen LogP contribution in [0.1, 0.15) is 24.3 Å². The highest BCUT2D eigenvalue weighted by atomic mass is 16.5. The van der Waals surface area contributed by atoms with Crippen molar-refractivity contribution in [3.8, 4) is 0 Å². The first kappa shape index (κ1) is 21.0. The predicted molar refractivity (Wildman–Crippen MR) is 115 cm³/mol. The van der Waals surface area contributed by atoms with Gasteiger partial charge in [-0.05, 0) is 44.2 Å². The van der Waals surface area contributed by atoms with Gasteiger partial charge in [0.15, 0.2) is 0 Å². The number of benzene rings is 1. The highest BCUT2D eigenvalue weighted by Crippen LogP contribution is 2.19. The van der Waals surface area contributed by atoms with Crippen LogP contribution < -0.4 is 15.5 Å². The van der Waals surface area contributed by atoms with E-state index in [1.807, 2.05) is 12.1 Å². The lowest BCUT2D eigenvalue weighted by molar-refractivity contribution is 0.0383. The lowest BCUT2D eigenvalue weighted by Gasteiger charge is -2.26. The number of amides is 1. The van der Waals surface area contributed by atoms with Crippen molar-refractivity contribution in [3.05, 3.63) is 42.2 Å². The van der Waals surface area contributed by atoms with E-state index >= 15 is 0 Å². The smallest absolute Gasteiger partial charge is 0.270 e. The van der Waals surface area contributed by atoms with Crippen molar-refractivity contribution in [1.82, 2.24) is 20.2 Å². The third kappa shape index (κ3) is 6.13. The number of nitrogens with one attached hydrogen (secondary N) is 2. The Kier molecular flexibility index (Phi) is 7.77. The quantitative estimate of drug-likeness (QED) is 0.669. The van der Waals surface area contributed by atoms with Crippen LogP contribution in [0.3, 0.4) is 0 Å². The summed E-state index contributed by atoms with van der Waals surface area (Å²) in [4.78, 5) is 25.5. The summed E-state index contributed by atoms with van der Waals surface area (Å²) in [5.74, 6) is 0.210. The monoisotopic (exact) mass is 398 g/mol. The summed E-state index contributed by atoms with van der Waals surface area (Å²) in [5.41, 5.74) is 2.41. The molecule has 2 aromatic rings. The molecule has 0 bridgehead atoms. The van der Waals surface area contributed by atoms with Gasteiger partial charge in [0.25, 0.3) is 5.91 Å². The molecule has 0 radical (unpaired) electrons. The molecular formula is C21H30N6O2. The Morgan fingerprint density at radius 3 is 2.55 bits per heavy atom. The molecule has 1 fully saturated rings. The lowest BCUT2D eigenvalue weighted by Crippen LogP contribution is -2.41. The maximum Gasteiger partial charge on any atom is 0.270 e. The molecule has 1 aromatic heterocycles. The summed E-state index contributed by atoms with van der Waals surface area (Å²) in [6, 6.07) is 9.74. The van der Waals surface area contributed by atoms with Crippen molar-refractivity contribution < 1.29 is 9.53 Å². The molecule has 2 heterocycles. The highest BCUT2D eigenvalue weighted by Gasteiger charge is 2.12. The summed E-state index contributed by atoms with van der Waals surface area (Å²) >= 11 is 0. The number of rotatable bonds is 9. The first-order valence-corrected chi connectivity index (χ1v) is 10.2. The van der Waals surface area contributed by atoms with Gasteiger partial charge >= 0.3 is 0 Å². The van der Waals surface area contributed by atoms with Gasteiger partial charge in [0.2, 0.25) is 5.95 Å². The fraction of sp³-hybridized carbons (Fsp3) is 0.476. The summed E-state index contributed by atoms with van der Waals surface area (Å²) in [6.45, 7) is 10.9. The van der Waals surface area contributed by atoms with Crippen LogP contribution in [0, 0.1) is 0 Å². The van der Waals surface area contributed by atoms with Crippen molar-refractivity contribution in [2.24, 2.45) is 0 Å². The average molecular weight is 399 g/mol. The van der Waals surface area contributed by atoms with Crippen LogP contribution in [0.5, 0.6) is 0 Å². The Labute approximate surface area is 172 Å². The Balaban J connectivity index is 1.53. The summed E-state index contributed by atoms with van der Waals surface area (Å²) < 4.78 is 5.33. The largest absolute Gasteiger partial charge is 0.379 e. The van der Waals surface area contributed by atoms with Crippen LogP contribution in [0.15, 0.2) is 36.5 Å². The standard InChI is InChI=1S/C21H30N6O2/c1-3-27(4-2)18-7-5-17(6-8-18)24-21-23-10-9-19(25-21)20(28)22-11-12-26-13-15-29-16-14-26/h5-10H,3-4,11-16H2,1-2H3,(H,22,28)(H,23,24,25). The van der Waals surface area contributed by atoms with Gasteiger partial charge < -0.3 is 20.3 Å². The molecule has 8 heteroatoms. The first-order chi connectivity index (χ1) is 14.2. The molecule has 1 amide bonds. The maximum absolute atomic E-state index is 12.4. The topological polar surface area (TPSA) is 82.6 Å². The number of aromatic nitrogens is 2.